The highest BCUT2D eigenvalue weighted by Crippen LogP contribution is 2.17. The highest BCUT2D eigenvalue weighted by atomic mass is 79.9. The van der Waals surface area contributed by atoms with Crippen LogP contribution in [-0.4, -0.2) is 8.81 Å². The van der Waals surface area contributed by atoms with Gasteiger partial charge in [0.05, 0.1) is 27.9 Å². The van der Waals surface area contributed by atoms with E-state index in [9.17, 15) is 0 Å². The minimum atomic E-state index is 1.06. The lowest BCUT2D eigenvalue weighted by molar-refractivity contribution is 1.06. The molecule has 62 valence electrons. The van der Waals surface area contributed by atoms with Crippen molar-refractivity contribution in [3.05, 3.63) is 30.0 Å². The molecule has 0 aliphatic rings. The van der Waals surface area contributed by atoms with E-state index in [1.807, 2.05) is 6.20 Å². The van der Waals surface area contributed by atoms with Gasteiger partial charge in [-0.2, -0.15) is 8.81 Å². The van der Waals surface area contributed by atoms with Gasteiger partial charge < -0.3 is 0 Å². The van der Waals surface area contributed by atoms with Crippen molar-refractivity contribution in [2.24, 2.45) is 0 Å². The Kier molecular flexibility index (Phi) is 1.89. The fraction of sp³-hybridized carbons (Fsp3) is 0.222. The second-order valence-corrected chi connectivity index (χ2v) is 3.42. The maximum Gasteiger partial charge on any atom is 0.0815 e. The first-order valence-electron chi connectivity index (χ1n) is 3.94. The van der Waals surface area contributed by atoms with Crippen molar-refractivity contribution >= 4 is 27.1 Å². The maximum absolute atomic E-state index is 4.10. The van der Waals surface area contributed by atoms with Crippen LogP contribution in [0.4, 0.5) is 0 Å². The van der Waals surface area contributed by atoms with Crippen LogP contribution in [0.5, 0.6) is 0 Å². The summed E-state index contributed by atoms with van der Waals surface area (Å²) in [5.41, 5.74) is 2.47. The van der Waals surface area contributed by atoms with Gasteiger partial charge in [0, 0.05) is 5.39 Å². The lowest BCUT2D eigenvalue weighted by atomic mass is 10.1. The average molecular weight is 225 g/mol. The van der Waals surface area contributed by atoms with E-state index in [1.54, 1.807) is 3.71 Å². The maximum atomic E-state index is 4.10. The highest BCUT2D eigenvalue weighted by molar-refractivity contribution is 9.08. The second kappa shape index (κ2) is 2.90. The van der Waals surface area contributed by atoms with Crippen molar-refractivity contribution in [3.8, 4) is 0 Å². The number of benzene rings is 1. The lowest BCUT2D eigenvalue weighted by Crippen LogP contribution is -1.82. The minimum absolute atomic E-state index is 1.06. The standard InChI is InChI=1S/C9H9BrN2/c1-2-7-3-4-8-6-11-12(10)9(8)5-7/h3-6H,2H2,1H3. The van der Waals surface area contributed by atoms with Crippen LogP contribution in [0, 0.1) is 0 Å². The van der Waals surface area contributed by atoms with Gasteiger partial charge in [0.15, 0.2) is 0 Å². The van der Waals surface area contributed by atoms with Crippen LogP contribution in [0.1, 0.15) is 12.5 Å². The predicted octanol–water partition coefficient (Wildman–Crippen LogP) is 2.76. The summed E-state index contributed by atoms with van der Waals surface area (Å²) in [5.74, 6) is 0. The Morgan fingerprint density at radius 1 is 1.50 bits per heavy atom. The molecule has 0 N–H and O–H groups in total. The van der Waals surface area contributed by atoms with E-state index in [2.05, 4.69) is 46.4 Å². The summed E-state index contributed by atoms with van der Waals surface area (Å²) >= 11 is 3.34. The van der Waals surface area contributed by atoms with Gasteiger partial charge in [-0.15, -0.1) is 0 Å². The molecule has 0 saturated heterocycles. The molecule has 0 aliphatic heterocycles. The van der Waals surface area contributed by atoms with Gasteiger partial charge in [0.25, 0.3) is 0 Å². The summed E-state index contributed by atoms with van der Waals surface area (Å²) < 4.78 is 1.72. The summed E-state index contributed by atoms with van der Waals surface area (Å²) in [6.45, 7) is 2.15. The van der Waals surface area contributed by atoms with Crippen molar-refractivity contribution < 1.29 is 0 Å². The van der Waals surface area contributed by atoms with Crippen molar-refractivity contribution in [1.29, 1.82) is 0 Å². The fourth-order valence-electron chi connectivity index (χ4n) is 1.25. The van der Waals surface area contributed by atoms with Crippen molar-refractivity contribution in [3.63, 3.8) is 0 Å². The van der Waals surface area contributed by atoms with Gasteiger partial charge in [0.2, 0.25) is 0 Å². The van der Waals surface area contributed by atoms with E-state index < -0.39 is 0 Å². The van der Waals surface area contributed by atoms with Crippen molar-refractivity contribution in [1.82, 2.24) is 8.81 Å². The molecule has 0 fully saturated rings. The van der Waals surface area contributed by atoms with Crippen LogP contribution in [0.3, 0.4) is 0 Å². The zero-order chi connectivity index (χ0) is 8.55. The topological polar surface area (TPSA) is 17.8 Å². The van der Waals surface area contributed by atoms with Crippen LogP contribution in [0.25, 0.3) is 10.9 Å². The summed E-state index contributed by atoms with van der Waals surface area (Å²) in [6.07, 6.45) is 2.91. The number of aromatic nitrogens is 2. The number of halogens is 1. The molecule has 2 rings (SSSR count). The number of fused-ring (bicyclic) bond motifs is 1. The fourth-order valence-corrected chi connectivity index (χ4v) is 1.65. The third kappa shape index (κ3) is 1.14. The number of rotatable bonds is 1. The third-order valence-electron chi connectivity index (χ3n) is 2.00. The normalized spacial score (nSPS) is 10.8. The second-order valence-electron chi connectivity index (χ2n) is 2.75. The van der Waals surface area contributed by atoms with Gasteiger partial charge in [-0.3, -0.25) is 0 Å². The highest BCUT2D eigenvalue weighted by Gasteiger charge is 1.99. The van der Waals surface area contributed by atoms with Crippen LogP contribution in [0.2, 0.25) is 0 Å². The van der Waals surface area contributed by atoms with Crippen LogP contribution in [-0.2, 0) is 6.42 Å². The molecule has 0 unspecified atom stereocenters. The minimum Gasteiger partial charge on any atom is -0.197 e. The monoisotopic (exact) mass is 224 g/mol. The van der Waals surface area contributed by atoms with Crippen LogP contribution >= 0.6 is 16.1 Å². The molecule has 0 bridgehead atoms. The molecule has 0 amide bonds. The molecule has 1 aromatic heterocycles. The first-order chi connectivity index (χ1) is 5.81. The van der Waals surface area contributed by atoms with E-state index in [0.717, 1.165) is 11.9 Å². The molecule has 0 aliphatic carbocycles. The zero-order valence-electron chi connectivity index (χ0n) is 6.79. The summed E-state index contributed by atoms with van der Waals surface area (Å²) in [6, 6.07) is 6.38. The largest absolute Gasteiger partial charge is 0.197 e. The van der Waals surface area contributed by atoms with Gasteiger partial charge in [-0.05, 0) is 18.1 Å². The molecule has 2 nitrogen and oxygen atoms in total. The first-order valence-corrected chi connectivity index (χ1v) is 4.65. The first kappa shape index (κ1) is 7.80. The van der Waals surface area contributed by atoms with Gasteiger partial charge in [0.1, 0.15) is 0 Å². The smallest absolute Gasteiger partial charge is 0.0815 e. The number of hydrogen-bond donors (Lipinski definition) is 0. The molecular formula is C9H9BrN2. The molecule has 12 heavy (non-hydrogen) atoms. The average Bonchev–Trinajstić information content (AvgIpc) is 2.47. The van der Waals surface area contributed by atoms with Gasteiger partial charge >= 0.3 is 0 Å². The predicted molar refractivity (Wildman–Crippen MR) is 53.4 cm³/mol. The Morgan fingerprint density at radius 3 is 3.08 bits per heavy atom. The van der Waals surface area contributed by atoms with E-state index in [4.69, 9.17) is 0 Å². The SMILES string of the molecule is CCc1ccc2cnn(Br)c2c1. The van der Waals surface area contributed by atoms with E-state index in [1.165, 1.54) is 10.9 Å². The lowest BCUT2D eigenvalue weighted by Gasteiger charge is -1.96. The van der Waals surface area contributed by atoms with E-state index in [0.29, 0.717) is 0 Å². The Balaban J connectivity index is 2.71. The number of nitrogens with zero attached hydrogens (tertiary/aromatic N) is 2. The molecule has 3 heteroatoms. The third-order valence-corrected chi connectivity index (χ3v) is 2.57. The Morgan fingerprint density at radius 2 is 2.33 bits per heavy atom. The molecule has 1 heterocycles. The molecule has 1 aromatic carbocycles. The summed E-state index contributed by atoms with van der Waals surface area (Å²) in [5, 5.41) is 5.27. The van der Waals surface area contributed by atoms with Gasteiger partial charge in [-0.25, -0.2) is 0 Å². The Bertz CT molecular complexity index is 406. The summed E-state index contributed by atoms with van der Waals surface area (Å²) in [4.78, 5) is 0. The molecule has 0 spiro atoms. The van der Waals surface area contributed by atoms with Crippen molar-refractivity contribution in [2.45, 2.75) is 13.3 Å². The summed E-state index contributed by atoms with van der Waals surface area (Å²) in [7, 11) is 0. The number of aryl methyl sites for hydroxylation is 1. The quantitative estimate of drug-likeness (QED) is 0.729. The Labute approximate surface area is 79.5 Å². The van der Waals surface area contributed by atoms with Crippen LogP contribution < -0.4 is 0 Å². The molecule has 0 atom stereocenters. The van der Waals surface area contributed by atoms with Crippen molar-refractivity contribution in [2.75, 3.05) is 0 Å². The molecule has 2 aromatic rings. The van der Waals surface area contributed by atoms with Crippen LogP contribution in [0.15, 0.2) is 24.4 Å². The molecule has 0 saturated carbocycles. The zero-order valence-corrected chi connectivity index (χ0v) is 8.37. The Hall–Kier alpha value is -0.830. The van der Waals surface area contributed by atoms with E-state index in [-0.39, 0.29) is 0 Å². The van der Waals surface area contributed by atoms with E-state index >= 15 is 0 Å². The molecule has 0 radical (unpaired) electrons. The van der Waals surface area contributed by atoms with Gasteiger partial charge in [-0.1, -0.05) is 19.1 Å². The number of hydrogen-bond acceptors (Lipinski definition) is 1. The molecular weight excluding hydrogens is 216 g/mol.